The molecule has 2 aliphatic carbocycles. The average molecular weight is 303 g/mol. The maximum Gasteiger partial charge on any atom is 0.220 e. The molecule has 0 saturated heterocycles. The lowest BCUT2D eigenvalue weighted by Gasteiger charge is -2.23. The molecule has 2 N–H and O–H groups in total. The first kappa shape index (κ1) is 13.2. The lowest BCUT2D eigenvalue weighted by atomic mass is 9.91. The highest BCUT2D eigenvalue weighted by atomic mass is 35.5. The van der Waals surface area contributed by atoms with Gasteiger partial charge in [0.15, 0.2) is 0 Å². The van der Waals surface area contributed by atoms with Crippen LogP contribution in [0.25, 0.3) is 10.9 Å². The van der Waals surface area contributed by atoms with Crippen molar-refractivity contribution >= 4 is 28.4 Å². The van der Waals surface area contributed by atoms with Gasteiger partial charge < -0.3 is 10.3 Å². The Balaban J connectivity index is 1.54. The van der Waals surface area contributed by atoms with E-state index in [1.807, 2.05) is 18.2 Å². The number of hydrogen-bond donors (Lipinski definition) is 2. The minimum absolute atomic E-state index is 0.226. The largest absolute Gasteiger partial charge is 0.358 e. The summed E-state index contributed by atoms with van der Waals surface area (Å²) in [7, 11) is 0. The fraction of sp³-hybridized carbons (Fsp3) is 0.471. The molecule has 0 aliphatic heterocycles. The number of rotatable bonds is 3. The number of hydrogen-bond acceptors (Lipinski definition) is 1. The Hall–Kier alpha value is -1.48. The molecule has 0 spiro atoms. The molecule has 1 atom stereocenters. The summed E-state index contributed by atoms with van der Waals surface area (Å²) < 4.78 is 0. The van der Waals surface area contributed by atoms with Gasteiger partial charge in [-0.05, 0) is 61.8 Å². The van der Waals surface area contributed by atoms with Gasteiger partial charge in [0.25, 0.3) is 0 Å². The van der Waals surface area contributed by atoms with Crippen molar-refractivity contribution in [2.45, 2.75) is 44.6 Å². The monoisotopic (exact) mass is 302 g/mol. The quantitative estimate of drug-likeness (QED) is 0.894. The molecular formula is C17H19ClN2O. The van der Waals surface area contributed by atoms with Crippen molar-refractivity contribution in [3.05, 3.63) is 34.5 Å². The van der Waals surface area contributed by atoms with Crippen LogP contribution in [0.2, 0.25) is 5.02 Å². The summed E-state index contributed by atoms with van der Waals surface area (Å²) in [6.07, 6.45) is 6.08. The summed E-state index contributed by atoms with van der Waals surface area (Å²) in [4.78, 5) is 15.5. The van der Waals surface area contributed by atoms with Crippen molar-refractivity contribution in [1.29, 1.82) is 0 Å². The average Bonchev–Trinajstić information content (AvgIpc) is 3.19. The molecule has 2 aliphatic rings. The number of fused-ring (bicyclic) bond motifs is 3. The molecule has 1 unspecified atom stereocenters. The lowest BCUT2D eigenvalue weighted by Crippen LogP contribution is -2.38. The molecule has 0 bridgehead atoms. The standard InChI is InChI=1S/C17H19ClN2O/c18-11-3-5-15-13(8-11)14-9-12(4-6-16(14)20-15)19-17(21)7-10-1-2-10/h3,5,8,10,12,20H,1-2,4,6-7,9H2,(H,19,21). The fourth-order valence-electron chi connectivity index (χ4n) is 3.38. The van der Waals surface area contributed by atoms with Crippen molar-refractivity contribution in [3.63, 3.8) is 0 Å². The van der Waals surface area contributed by atoms with Gasteiger partial charge in [-0.1, -0.05) is 11.6 Å². The molecule has 1 saturated carbocycles. The molecule has 1 fully saturated rings. The second kappa shape index (κ2) is 5.06. The predicted octanol–water partition coefficient (Wildman–Crippen LogP) is 3.59. The number of aromatic nitrogens is 1. The highest BCUT2D eigenvalue weighted by molar-refractivity contribution is 6.31. The van der Waals surface area contributed by atoms with Crippen molar-refractivity contribution in [2.24, 2.45) is 5.92 Å². The molecule has 110 valence electrons. The van der Waals surface area contributed by atoms with E-state index in [1.165, 1.54) is 29.5 Å². The minimum atomic E-state index is 0.226. The molecule has 3 nitrogen and oxygen atoms in total. The third-order valence-corrected chi connectivity index (χ3v) is 4.92. The molecule has 1 aromatic carbocycles. The van der Waals surface area contributed by atoms with Gasteiger partial charge in [0, 0.05) is 34.1 Å². The zero-order valence-corrected chi connectivity index (χ0v) is 12.7. The molecule has 0 radical (unpaired) electrons. The summed E-state index contributed by atoms with van der Waals surface area (Å²) in [5, 5.41) is 5.19. The predicted molar refractivity (Wildman–Crippen MR) is 84.6 cm³/mol. The van der Waals surface area contributed by atoms with Crippen molar-refractivity contribution in [1.82, 2.24) is 10.3 Å². The van der Waals surface area contributed by atoms with Gasteiger partial charge in [0.05, 0.1) is 0 Å². The van der Waals surface area contributed by atoms with Crippen molar-refractivity contribution < 1.29 is 4.79 Å². The van der Waals surface area contributed by atoms with E-state index in [4.69, 9.17) is 11.6 Å². The second-order valence-corrected chi connectivity index (χ2v) is 6.86. The molecular weight excluding hydrogens is 284 g/mol. The first-order valence-electron chi connectivity index (χ1n) is 7.77. The molecule has 4 heteroatoms. The molecule has 1 heterocycles. The summed E-state index contributed by atoms with van der Waals surface area (Å²) in [6.45, 7) is 0. The summed E-state index contributed by atoms with van der Waals surface area (Å²) in [6, 6.07) is 6.25. The van der Waals surface area contributed by atoms with Gasteiger partial charge in [-0.15, -0.1) is 0 Å². The second-order valence-electron chi connectivity index (χ2n) is 6.43. The summed E-state index contributed by atoms with van der Waals surface area (Å²) in [5.41, 5.74) is 3.78. The van der Waals surface area contributed by atoms with Crippen LogP contribution in [-0.2, 0) is 17.6 Å². The summed E-state index contributed by atoms with van der Waals surface area (Å²) in [5.74, 6) is 0.875. The number of halogens is 1. The van der Waals surface area contributed by atoms with Crippen LogP contribution in [0.4, 0.5) is 0 Å². The van der Waals surface area contributed by atoms with Gasteiger partial charge in [0.2, 0.25) is 5.91 Å². The Labute approximate surface area is 129 Å². The molecule has 1 amide bonds. The number of benzene rings is 1. The zero-order chi connectivity index (χ0) is 14.4. The highest BCUT2D eigenvalue weighted by Gasteiger charge is 2.27. The van der Waals surface area contributed by atoms with Crippen LogP contribution in [-0.4, -0.2) is 16.9 Å². The maximum absolute atomic E-state index is 12.0. The number of carbonyl (C=O) groups excluding carboxylic acids is 1. The van der Waals surface area contributed by atoms with Gasteiger partial charge in [-0.2, -0.15) is 0 Å². The summed E-state index contributed by atoms with van der Waals surface area (Å²) >= 11 is 6.12. The number of carbonyl (C=O) groups is 1. The third kappa shape index (κ3) is 2.67. The minimum Gasteiger partial charge on any atom is -0.358 e. The van der Waals surface area contributed by atoms with Gasteiger partial charge in [0.1, 0.15) is 0 Å². The van der Waals surface area contributed by atoms with Crippen LogP contribution in [0.15, 0.2) is 18.2 Å². The Morgan fingerprint density at radius 2 is 2.19 bits per heavy atom. The smallest absolute Gasteiger partial charge is 0.220 e. The normalized spacial score (nSPS) is 21.3. The van der Waals surface area contributed by atoms with E-state index in [2.05, 4.69) is 10.3 Å². The van der Waals surface area contributed by atoms with Crippen LogP contribution >= 0.6 is 11.6 Å². The van der Waals surface area contributed by atoms with E-state index >= 15 is 0 Å². The zero-order valence-electron chi connectivity index (χ0n) is 11.9. The molecule has 1 aromatic heterocycles. The Kier molecular flexibility index (Phi) is 3.18. The van der Waals surface area contributed by atoms with Crippen LogP contribution < -0.4 is 5.32 Å². The number of amides is 1. The van der Waals surface area contributed by atoms with E-state index < -0.39 is 0 Å². The number of aromatic amines is 1. The van der Waals surface area contributed by atoms with Crippen LogP contribution in [0.1, 0.15) is 36.9 Å². The Morgan fingerprint density at radius 3 is 3.00 bits per heavy atom. The SMILES string of the molecule is O=C(CC1CC1)NC1CCc2[nH]c3ccc(Cl)cc3c2C1. The maximum atomic E-state index is 12.0. The molecule has 2 aromatic rings. The highest BCUT2D eigenvalue weighted by Crippen LogP contribution is 2.33. The number of nitrogens with one attached hydrogen (secondary N) is 2. The van der Waals surface area contributed by atoms with Crippen molar-refractivity contribution in [2.75, 3.05) is 0 Å². The molecule has 4 rings (SSSR count). The van der Waals surface area contributed by atoms with Gasteiger partial charge in [-0.25, -0.2) is 0 Å². The van der Waals surface area contributed by atoms with Crippen LogP contribution in [0.3, 0.4) is 0 Å². The lowest BCUT2D eigenvalue weighted by molar-refractivity contribution is -0.122. The third-order valence-electron chi connectivity index (χ3n) is 4.69. The first-order valence-corrected chi connectivity index (χ1v) is 8.15. The number of aryl methyl sites for hydroxylation is 1. The molecule has 21 heavy (non-hydrogen) atoms. The van der Waals surface area contributed by atoms with Gasteiger partial charge >= 0.3 is 0 Å². The van der Waals surface area contributed by atoms with Crippen LogP contribution in [0, 0.1) is 5.92 Å². The van der Waals surface area contributed by atoms with Gasteiger partial charge in [-0.3, -0.25) is 4.79 Å². The van der Waals surface area contributed by atoms with Crippen LogP contribution in [0.5, 0.6) is 0 Å². The topological polar surface area (TPSA) is 44.9 Å². The van der Waals surface area contributed by atoms with E-state index in [0.29, 0.717) is 12.3 Å². The van der Waals surface area contributed by atoms with E-state index in [1.54, 1.807) is 0 Å². The Morgan fingerprint density at radius 1 is 1.33 bits per heavy atom. The van der Waals surface area contributed by atoms with Crippen molar-refractivity contribution in [3.8, 4) is 0 Å². The number of H-pyrrole nitrogens is 1. The fourth-order valence-corrected chi connectivity index (χ4v) is 3.56. The van der Waals surface area contributed by atoms with E-state index in [-0.39, 0.29) is 11.9 Å². The first-order chi connectivity index (χ1) is 10.2. The van der Waals surface area contributed by atoms with E-state index in [0.717, 1.165) is 29.8 Å². The Bertz CT molecular complexity index is 702. The van der Waals surface area contributed by atoms with E-state index in [9.17, 15) is 4.79 Å².